The Morgan fingerprint density at radius 3 is 1.73 bits per heavy atom. The van der Waals surface area contributed by atoms with Crippen molar-refractivity contribution in [3.05, 3.63) is 108 Å². The van der Waals surface area contributed by atoms with E-state index >= 15 is 0 Å². The maximum atomic E-state index is 12.6. The fourth-order valence-electron chi connectivity index (χ4n) is 4.45. The zero-order valence-corrected chi connectivity index (χ0v) is 22.0. The van der Waals surface area contributed by atoms with Crippen molar-refractivity contribution >= 4 is 17.5 Å². The van der Waals surface area contributed by atoms with Gasteiger partial charge >= 0.3 is 0 Å². The number of halogens is 1. The maximum absolute atomic E-state index is 12.6. The zero-order valence-electron chi connectivity index (χ0n) is 21.2. The van der Waals surface area contributed by atoms with Crippen molar-refractivity contribution < 1.29 is 23.7 Å². The van der Waals surface area contributed by atoms with Crippen molar-refractivity contribution in [2.24, 2.45) is 0 Å². The molecule has 1 amide bonds. The third kappa shape index (κ3) is 7.63. The lowest BCUT2D eigenvalue weighted by molar-refractivity contribution is -0.225. The molecule has 196 valence electrons. The highest BCUT2D eigenvalue weighted by molar-refractivity contribution is 6.20. The number of nitrogens with zero attached hydrogens (tertiary/aromatic N) is 1. The highest BCUT2D eigenvalue weighted by atomic mass is 35.5. The number of alkyl halides is 1. The van der Waals surface area contributed by atoms with Gasteiger partial charge in [0.25, 0.3) is 0 Å². The van der Waals surface area contributed by atoms with E-state index in [-0.39, 0.29) is 12.5 Å². The van der Waals surface area contributed by atoms with Gasteiger partial charge < -0.3 is 23.8 Å². The number of likely N-dealkylation sites (N-methyl/N-ethyl adjacent to an activating group) is 1. The van der Waals surface area contributed by atoms with Gasteiger partial charge in [-0.15, -0.1) is 0 Å². The minimum atomic E-state index is -0.794. The molecular weight excluding hydrogens is 490 g/mol. The second-order valence-electron chi connectivity index (χ2n) is 9.17. The van der Waals surface area contributed by atoms with E-state index in [2.05, 4.69) is 0 Å². The highest BCUT2D eigenvalue weighted by Gasteiger charge is 2.49. The van der Waals surface area contributed by atoms with Gasteiger partial charge in [0.15, 0.2) is 5.56 Å². The van der Waals surface area contributed by atoms with Crippen LogP contribution in [0.5, 0.6) is 0 Å². The molecule has 0 N–H and O–H groups in total. The Balaban J connectivity index is 1.55. The summed E-state index contributed by atoms with van der Waals surface area (Å²) in [5, 5.41) is 0. The topological polar surface area (TPSA) is 57.2 Å². The Morgan fingerprint density at radius 1 is 0.784 bits per heavy atom. The van der Waals surface area contributed by atoms with Gasteiger partial charge in [0.05, 0.1) is 32.5 Å². The van der Waals surface area contributed by atoms with E-state index in [0.29, 0.717) is 19.8 Å². The van der Waals surface area contributed by atoms with Crippen molar-refractivity contribution in [3.63, 3.8) is 0 Å². The minimum absolute atomic E-state index is 0.110. The van der Waals surface area contributed by atoms with E-state index in [1.807, 2.05) is 91.0 Å². The SMILES string of the molecule is CC(=O)N(C)[C@H]1[C@@H](OCc2ccccc2)[C@@H](Cl)O[C@H](COCc2ccccc2)[C@H]1OCc1ccccc1. The van der Waals surface area contributed by atoms with E-state index in [1.54, 1.807) is 11.9 Å². The van der Waals surface area contributed by atoms with Gasteiger partial charge in [-0.05, 0) is 16.7 Å². The molecule has 0 aliphatic carbocycles. The molecule has 7 heteroatoms. The molecule has 3 aromatic rings. The van der Waals surface area contributed by atoms with Crippen LogP contribution in [0.25, 0.3) is 0 Å². The fourth-order valence-corrected chi connectivity index (χ4v) is 4.80. The van der Waals surface area contributed by atoms with E-state index in [4.69, 9.17) is 30.5 Å². The van der Waals surface area contributed by atoms with E-state index in [1.165, 1.54) is 6.92 Å². The molecule has 3 aromatic carbocycles. The van der Waals surface area contributed by atoms with Crippen molar-refractivity contribution in [2.75, 3.05) is 13.7 Å². The Morgan fingerprint density at radius 2 is 1.24 bits per heavy atom. The van der Waals surface area contributed by atoms with Crippen LogP contribution < -0.4 is 0 Å². The molecule has 1 aliphatic heterocycles. The van der Waals surface area contributed by atoms with Crippen molar-refractivity contribution in [1.82, 2.24) is 4.90 Å². The Labute approximate surface area is 224 Å². The quantitative estimate of drug-likeness (QED) is 0.324. The van der Waals surface area contributed by atoms with Gasteiger partial charge in [0.2, 0.25) is 5.91 Å². The number of carbonyl (C=O) groups is 1. The van der Waals surface area contributed by atoms with E-state index < -0.39 is 29.9 Å². The summed E-state index contributed by atoms with van der Waals surface area (Å²) in [7, 11) is 1.75. The molecule has 4 rings (SSSR count). The number of benzene rings is 3. The summed E-state index contributed by atoms with van der Waals surface area (Å²) in [5.74, 6) is -0.110. The summed E-state index contributed by atoms with van der Waals surface area (Å²) in [6, 6.07) is 29.2. The third-order valence-electron chi connectivity index (χ3n) is 6.51. The summed E-state index contributed by atoms with van der Waals surface area (Å²) in [6.45, 7) is 2.90. The van der Waals surface area contributed by atoms with Crippen LogP contribution >= 0.6 is 11.6 Å². The molecule has 0 aromatic heterocycles. The maximum Gasteiger partial charge on any atom is 0.219 e. The molecule has 1 heterocycles. The standard InChI is InChI=1S/C30H34ClNO5/c1-22(33)32(2)27-28(35-19-24-14-8-4-9-15-24)26(21-34-18-23-12-6-3-7-13-23)37-30(31)29(27)36-20-25-16-10-5-11-17-25/h3-17,26-30H,18-21H2,1-2H3/t26-,27-,28-,29-,30+/m1/s1. The van der Waals surface area contributed by atoms with Crippen LogP contribution in [-0.4, -0.2) is 54.4 Å². The molecule has 0 bridgehead atoms. The number of amides is 1. The number of hydrogen-bond acceptors (Lipinski definition) is 5. The van der Waals surface area contributed by atoms with Crippen LogP contribution in [0.1, 0.15) is 23.6 Å². The molecule has 0 saturated carbocycles. The molecule has 0 unspecified atom stereocenters. The number of ether oxygens (including phenoxy) is 4. The lowest BCUT2D eigenvalue weighted by Gasteiger charge is -2.47. The largest absolute Gasteiger partial charge is 0.374 e. The van der Waals surface area contributed by atoms with Crippen LogP contribution in [0, 0.1) is 0 Å². The van der Waals surface area contributed by atoms with Crippen molar-refractivity contribution in [2.45, 2.75) is 56.7 Å². The molecule has 6 nitrogen and oxygen atoms in total. The first kappa shape index (κ1) is 27.3. The summed E-state index contributed by atoms with van der Waals surface area (Å²) in [4.78, 5) is 14.2. The van der Waals surface area contributed by atoms with E-state index in [0.717, 1.165) is 16.7 Å². The van der Waals surface area contributed by atoms with Gasteiger partial charge in [0.1, 0.15) is 18.3 Å². The minimum Gasteiger partial charge on any atom is -0.374 e. The lowest BCUT2D eigenvalue weighted by atomic mass is 9.95. The van der Waals surface area contributed by atoms with Crippen LogP contribution in [-0.2, 0) is 43.6 Å². The first-order chi connectivity index (χ1) is 18.0. The van der Waals surface area contributed by atoms with Gasteiger partial charge in [0, 0.05) is 14.0 Å². The number of hydrogen-bond donors (Lipinski definition) is 0. The molecule has 1 saturated heterocycles. The van der Waals surface area contributed by atoms with Gasteiger partial charge in [-0.1, -0.05) is 103 Å². The zero-order chi connectivity index (χ0) is 26.0. The predicted octanol–water partition coefficient (Wildman–Crippen LogP) is 5.18. The molecule has 5 atom stereocenters. The molecular formula is C30H34ClNO5. The smallest absolute Gasteiger partial charge is 0.219 e. The van der Waals surface area contributed by atoms with Crippen LogP contribution in [0.15, 0.2) is 91.0 Å². The van der Waals surface area contributed by atoms with Crippen LogP contribution in [0.2, 0.25) is 0 Å². The normalized spacial score (nSPS) is 23.5. The third-order valence-corrected chi connectivity index (χ3v) is 6.86. The molecule has 1 aliphatic rings. The number of rotatable bonds is 11. The Kier molecular flexibility index (Phi) is 10.1. The monoisotopic (exact) mass is 523 g/mol. The van der Waals surface area contributed by atoms with Crippen LogP contribution in [0.3, 0.4) is 0 Å². The summed E-state index contributed by atoms with van der Waals surface area (Å²) < 4.78 is 25.0. The van der Waals surface area contributed by atoms with Gasteiger partial charge in [-0.25, -0.2) is 0 Å². The van der Waals surface area contributed by atoms with Gasteiger partial charge in [-0.2, -0.15) is 0 Å². The summed E-state index contributed by atoms with van der Waals surface area (Å²) in [5.41, 5.74) is 2.29. The Hall–Kier alpha value is -2.74. The highest BCUT2D eigenvalue weighted by Crippen LogP contribution is 2.32. The Bertz CT molecular complexity index is 1080. The van der Waals surface area contributed by atoms with Crippen LogP contribution in [0.4, 0.5) is 0 Å². The van der Waals surface area contributed by atoms with Crippen molar-refractivity contribution in [1.29, 1.82) is 0 Å². The fraction of sp³-hybridized carbons (Fsp3) is 0.367. The average molecular weight is 524 g/mol. The summed E-state index contributed by atoms with van der Waals surface area (Å²) >= 11 is 6.77. The second-order valence-corrected chi connectivity index (χ2v) is 9.60. The van der Waals surface area contributed by atoms with Crippen molar-refractivity contribution in [3.8, 4) is 0 Å². The van der Waals surface area contributed by atoms with Gasteiger partial charge in [-0.3, -0.25) is 4.79 Å². The lowest BCUT2D eigenvalue weighted by Crippen LogP contribution is -2.64. The molecule has 37 heavy (non-hydrogen) atoms. The number of carbonyl (C=O) groups excluding carboxylic acids is 1. The molecule has 0 radical (unpaired) electrons. The second kappa shape index (κ2) is 13.7. The average Bonchev–Trinajstić information content (AvgIpc) is 2.93. The first-order valence-electron chi connectivity index (χ1n) is 12.5. The molecule has 0 spiro atoms. The van der Waals surface area contributed by atoms with E-state index in [9.17, 15) is 4.79 Å². The molecule has 1 fully saturated rings. The summed E-state index contributed by atoms with van der Waals surface area (Å²) in [6.07, 6.45) is -1.64. The predicted molar refractivity (Wildman–Crippen MR) is 143 cm³/mol. The first-order valence-corrected chi connectivity index (χ1v) is 12.9.